The lowest BCUT2D eigenvalue weighted by Gasteiger charge is -2.20. The molecule has 124 valence electrons. The number of nitrogens with one attached hydrogen (secondary N) is 3. The largest absolute Gasteiger partial charge is 0.459 e. The normalized spacial score (nSPS) is 14.0. The number of hydrogen-bond acceptors (Lipinski definition) is 9. The van der Waals surface area contributed by atoms with E-state index in [4.69, 9.17) is 15.9 Å². The molecule has 0 saturated heterocycles. The van der Waals surface area contributed by atoms with Gasteiger partial charge in [0.15, 0.2) is 0 Å². The molecule has 1 aliphatic heterocycles. The van der Waals surface area contributed by atoms with Crippen LogP contribution in [0.3, 0.4) is 0 Å². The summed E-state index contributed by atoms with van der Waals surface area (Å²) in [5, 5.41) is 14.1. The maximum atomic E-state index is 11.8. The SMILES string of the molecule is CC(C)(C)OC(=O)CNc1ncnc(N)c1C(=N)C1=NCCN1. The highest BCUT2D eigenvalue weighted by molar-refractivity contribution is 6.48. The van der Waals surface area contributed by atoms with Crippen molar-refractivity contribution in [3.8, 4) is 0 Å². The van der Waals surface area contributed by atoms with Crippen molar-refractivity contribution < 1.29 is 9.53 Å². The van der Waals surface area contributed by atoms with E-state index in [9.17, 15) is 4.79 Å². The molecule has 9 heteroatoms. The Labute approximate surface area is 134 Å². The maximum absolute atomic E-state index is 11.8. The highest BCUT2D eigenvalue weighted by atomic mass is 16.6. The molecule has 0 amide bonds. The van der Waals surface area contributed by atoms with E-state index in [1.54, 1.807) is 20.8 Å². The van der Waals surface area contributed by atoms with Crippen LogP contribution in [0, 0.1) is 5.41 Å². The van der Waals surface area contributed by atoms with Crippen LogP contribution < -0.4 is 16.4 Å². The van der Waals surface area contributed by atoms with Crippen molar-refractivity contribution in [1.29, 1.82) is 5.41 Å². The van der Waals surface area contributed by atoms with E-state index in [2.05, 4.69) is 25.6 Å². The molecule has 9 nitrogen and oxygen atoms in total. The number of hydrogen-bond donors (Lipinski definition) is 4. The summed E-state index contributed by atoms with van der Waals surface area (Å²) in [6, 6.07) is 0. The molecule has 2 rings (SSSR count). The molecule has 0 atom stereocenters. The Morgan fingerprint density at radius 1 is 1.48 bits per heavy atom. The number of rotatable bonds is 5. The lowest BCUT2D eigenvalue weighted by atomic mass is 10.1. The summed E-state index contributed by atoms with van der Waals surface area (Å²) in [5.74, 6) is 0.452. The molecule has 1 aromatic heterocycles. The Morgan fingerprint density at radius 3 is 2.83 bits per heavy atom. The first-order valence-corrected chi connectivity index (χ1v) is 7.22. The van der Waals surface area contributed by atoms with E-state index in [1.807, 2.05) is 0 Å². The summed E-state index contributed by atoms with van der Waals surface area (Å²) in [5.41, 5.74) is 5.70. The van der Waals surface area contributed by atoms with Gasteiger partial charge in [-0.1, -0.05) is 0 Å². The Balaban J connectivity index is 2.15. The molecule has 0 unspecified atom stereocenters. The highest BCUT2D eigenvalue weighted by Gasteiger charge is 2.22. The molecule has 0 saturated carbocycles. The van der Waals surface area contributed by atoms with Gasteiger partial charge >= 0.3 is 5.97 Å². The van der Waals surface area contributed by atoms with Gasteiger partial charge in [0, 0.05) is 6.54 Å². The van der Waals surface area contributed by atoms with Gasteiger partial charge in [-0.3, -0.25) is 15.2 Å². The second-order valence-electron chi connectivity index (χ2n) is 5.95. The summed E-state index contributed by atoms with van der Waals surface area (Å²) < 4.78 is 5.22. The zero-order chi connectivity index (χ0) is 17.0. The van der Waals surface area contributed by atoms with Crippen LogP contribution in [0.5, 0.6) is 0 Å². The van der Waals surface area contributed by atoms with E-state index in [1.165, 1.54) is 6.33 Å². The molecular formula is C14H21N7O2. The summed E-state index contributed by atoms with van der Waals surface area (Å²) in [6.07, 6.45) is 1.27. The van der Waals surface area contributed by atoms with Crippen molar-refractivity contribution in [1.82, 2.24) is 15.3 Å². The minimum absolute atomic E-state index is 0.0894. The van der Waals surface area contributed by atoms with Gasteiger partial charge in [-0.05, 0) is 20.8 Å². The molecule has 0 fully saturated rings. The van der Waals surface area contributed by atoms with Crippen LogP contribution in [-0.4, -0.2) is 52.7 Å². The number of anilines is 2. The zero-order valence-electron chi connectivity index (χ0n) is 13.4. The van der Waals surface area contributed by atoms with E-state index in [0.717, 1.165) is 0 Å². The third-order valence-corrected chi connectivity index (χ3v) is 2.86. The first-order valence-electron chi connectivity index (χ1n) is 7.22. The third-order valence-electron chi connectivity index (χ3n) is 2.86. The van der Waals surface area contributed by atoms with Crippen LogP contribution in [0.25, 0.3) is 0 Å². The fourth-order valence-corrected chi connectivity index (χ4v) is 2.00. The molecule has 0 aliphatic carbocycles. The molecule has 0 bridgehead atoms. The Kier molecular flexibility index (Phi) is 4.77. The van der Waals surface area contributed by atoms with E-state index >= 15 is 0 Å². The van der Waals surface area contributed by atoms with Gasteiger partial charge in [0.1, 0.15) is 41.7 Å². The van der Waals surface area contributed by atoms with E-state index in [-0.39, 0.29) is 18.1 Å². The summed E-state index contributed by atoms with van der Waals surface area (Å²) in [6.45, 7) is 6.56. The van der Waals surface area contributed by atoms with Crippen LogP contribution in [0.2, 0.25) is 0 Å². The van der Waals surface area contributed by atoms with Gasteiger partial charge in [0.2, 0.25) is 0 Å². The van der Waals surface area contributed by atoms with Crippen molar-refractivity contribution in [3.63, 3.8) is 0 Å². The Morgan fingerprint density at radius 2 is 2.22 bits per heavy atom. The number of carbonyl (C=O) groups is 1. The van der Waals surface area contributed by atoms with Crippen molar-refractivity contribution in [2.45, 2.75) is 26.4 Å². The minimum atomic E-state index is -0.568. The molecule has 1 aromatic rings. The average Bonchev–Trinajstić information content (AvgIpc) is 2.96. The number of nitrogen functional groups attached to an aromatic ring is 1. The number of aliphatic imine (C=N–C) groups is 1. The van der Waals surface area contributed by atoms with Gasteiger partial charge < -0.3 is 21.1 Å². The standard InChI is InChI=1S/C14H21N7O2/c1-14(2,3)23-8(22)6-19-12-9(11(16)20-7-21-12)10(15)13-17-4-5-18-13/h7,15H,4-6H2,1-3H3,(H,17,18)(H3,16,19,20,21). The predicted octanol–water partition coefficient (Wildman–Crippen LogP) is 0.182. The number of nitrogens with two attached hydrogens (primary N) is 1. The maximum Gasteiger partial charge on any atom is 0.325 e. The van der Waals surface area contributed by atoms with Crippen LogP contribution >= 0.6 is 0 Å². The van der Waals surface area contributed by atoms with Gasteiger partial charge in [-0.15, -0.1) is 0 Å². The number of aromatic nitrogens is 2. The molecule has 0 spiro atoms. The monoisotopic (exact) mass is 319 g/mol. The fraction of sp³-hybridized carbons (Fsp3) is 0.500. The second-order valence-corrected chi connectivity index (χ2v) is 5.95. The minimum Gasteiger partial charge on any atom is -0.459 e. The smallest absolute Gasteiger partial charge is 0.325 e. The molecule has 23 heavy (non-hydrogen) atoms. The summed E-state index contributed by atoms with van der Waals surface area (Å²) >= 11 is 0. The van der Waals surface area contributed by atoms with Crippen molar-refractivity contribution in [2.75, 3.05) is 30.7 Å². The first-order chi connectivity index (χ1) is 10.8. The number of amidine groups is 1. The van der Waals surface area contributed by atoms with Crippen molar-refractivity contribution in [3.05, 3.63) is 11.9 Å². The predicted molar refractivity (Wildman–Crippen MR) is 87.9 cm³/mol. The summed E-state index contributed by atoms with van der Waals surface area (Å²) in [7, 11) is 0. The number of carbonyl (C=O) groups excluding carboxylic acids is 1. The van der Waals surface area contributed by atoms with Crippen LogP contribution in [0.15, 0.2) is 11.3 Å². The molecule has 5 N–H and O–H groups in total. The lowest BCUT2D eigenvalue weighted by molar-refractivity contribution is -0.152. The fourth-order valence-electron chi connectivity index (χ4n) is 2.00. The quantitative estimate of drug-likeness (QED) is 0.448. The van der Waals surface area contributed by atoms with E-state index < -0.39 is 11.6 Å². The van der Waals surface area contributed by atoms with Gasteiger partial charge in [0.25, 0.3) is 0 Å². The molecule has 0 radical (unpaired) electrons. The Hall–Kier alpha value is -2.71. The Bertz CT molecular complexity index is 649. The molecule has 1 aliphatic rings. The van der Waals surface area contributed by atoms with Gasteiger partial charge in [-0.2, -0.15) is 0 Å². The molecule has 2 heterocycles. The van der Waals surface area contributed by atoms with Crippen molar-refractivity contribution in [2.24, 2.45) is 4.99 Å². The van der Waals surface area contributed by atoms with Crippen molar-refractivity contribution >= 4 is 29.2 Å². The lowest BCUT2D eigenvalue weighted by Crippen LogP contribution is -2.31. The topological polar surface area (TPSA) is 138 Å². The summed E-state index contributed by atoms with van der Waals surface area (Å²) in [4.78, 5) is 24.0. The molecular weight excluding hydrogens is 298 g/mol. The number of esters is 1. The van der Waals surface area contributed by atoms with Gasteiger partial charge in [-0.25, -0.2) is 9.97 Å². The van der Waals surface area contributed by atoms with E-state index in [0.29, 0.717) is 30.3 Å². The van der Waals surface area contributed by atoms with Crippen LogP contribution in [-0.2, 0) is 9.53 Å². The zero-order valence-corrected chi connectivity index (χ0v) is 13.4. The third kappa shape index (κ3) is 4.38. The highest BCUT2D eigenvalue weighted by Crippen LogP contribution is 2.19. The first kappa shape index (κ1) is 16.7. The molecule has 0 aromatic carbocycles. The van der Waals surface area contributed by atoms with Crippen LogP contribution in [0.4, 0.5) is 11.6 Å². The van der Waals surface area contributed by atoms with Crippen LogP contribution in [0.1, 0.15) is 26.3 Å². The average molecular weight is 319 g/mol. The number of nitrogens with zero attached hydrogens (tertiary/aromatic N) is 3. The number of ether oxygens (including phenoxy) is 1. The van der Waals surface area contributed by atoms with Gasteiger partial charge in [0.05, 0.1) is 12.1 Å². The second kappa shape index (κ2) is 6.59.